The lowest BCUT2D eigenvalue weighted by atomic mass is 9.78. The summed E-state index contributed by atoms with van der Waals surface area (Å²) in [4.78, 5) is 0.371. The van der Waals surface area contributed by atoms with Crippen molar-refractivity contribution in [1.82, 2.24) is 4.31 Å². The lowest BCUT2D eigenvalue weighted by Crippen LogP contribution is -2.31. The summed E-state index contributed by atoms with van der Waals surface area (Å²) in [6.07, 6.45) is 14.0. The lowest BCUT2D eigenvalue weighted by molar-refractivity contribution is 0.291. The van der Waals surface area contributed by atoms with Crippen molar-refractivity contribution >= 4 is 10.0 Å². The molecule has 0 radical (unpaired) electrons. The van der Waals surface area contributed by atoms with Crippen LogP contribution in [-0.2, 0) is 16.6 Å². The molecule has 2 rings (SSSR count). The number of benzene rings is 2. The first kappa shape index (κ1) is 28.1. The molecule has 34 heavy (non-hydrogen) atoms. The SMILES string of the molecule is C=CCC(C)(CC=C)CCCCCCCCN(Cc1ccccc1)S(=O)(=O)c1ccc(C)cc1. The zero-order chi connectivity index (χ0) is 24.9. The van der Waals surface area contributed by atoms with Crippen molar-refractivity contribution < 1.29 is 8.42 Å². The quantitative estimate of drug-likeness (QED) is 0.169. The summed E-state index contributed by atoms with van der Waals surface area (Å²) < 4.78 is 28.4. The van der Waals surface area contributed by atoms with Crippen molar-refractivity contribution in [3.8, 4) is 0 Å². The number of sulfonamides is 1. The highest BCUT2D eigenvalue weighted by atomic mass is 32.2. The van der Waals surface area contributed by atoms with Crippen LogP contribution in [0.1, 0.15) is 75.8 Å². The van der Waals surface area contributed by atoms with Crippen LogP contribution in [0.2, 0.25) is 0 Å². The van der Waals surface area contributed by atoms with E-state index in [1.165, 1.54) is 25.7 Å². The van der Waals surface area contributed by atoms with Crippen molar-refractivity contribution in [2.75, 3.05) is 6.54 Å². The van der Waals surface area contributed by atoms with Crippen LogP contribution in [0.3, 0.4) is 0 Å². The summed E-state index contributed by atoms with van der Waals surface area (Å²) in [5.74, 6) is 0. The smallest absolute Gasteiger partial charge is 0.207 e. The Bertz CT molecular complexity index is 955. The van der Waals surface area contributed by atoms with Gasteiger partial charge >= 0.3 is 0 Å². The fourth-order valence-corrected chi connectivity index (χ4v) is 5.93. The van der Waals surface area contributed by atoms with Crippen LogP contribution in [0.15, 0.2) is 84.8 Å². The minimum Gasteiger partial charge on any atom is -0.207 e. The fraction of sp³-hybridized carbons (Fsp3) is 0.467. The largest absolute Gasteiger partial charge is 0.243 e. The average Bonchev–Trinajstić information content (AvgIpc) is 2.81. The second-order valence-corrected chi connectivity index (χ2v) is 11.7. The molecule has 0 atom stereocenters. The summed E-state index contributed by atoms with van der Waals surface area (Å²) in [7, 11) is -3.53. The highest BCUT2D eigenvalue weighted by Gasteiger charge is 2.24. The molecule has 2 aromatic carbocycles. The van der Waals surface area contributed by atoms with E-state index < -0.39 is 10.0 Å². The predicted octanol–water partition coefficient (Wildman–Crippen LogP) is 8.08. The van der Waals surface area contributed by atoms with Crippen LogP contribution < -0.4 is 0 Å². The van der Waals surface area contributed by atoms with Crippen molar-refractivity contribution in [2.24, 2.45) is 5.41 Å². The first-order valence-corrected chi connectivity index (χ1v) is 14.1. The number of allylic oxidation sites excluding steroid dienone is 2. The molecule has 0 saturated heterocycles. The number of hydrogen-bond acceptors (Lipinski definition) is 2. The number of unbranched alkanes of at least 4 members (excludes halogenated alkanes) is 5. The molecule has 3 nitrogen and oxygen atoms in total. The van der Waals surface area contributed by atoms with Gasteiger partial charge in [-0.05, 0) is 55.7 Å². The topological polar surface area (TPSA) is 37.4 Å². The molecule has 0 fully saturated rings. The van der Waals surface area contributed by atoms with Gasteiger partial charge in [-0.3, -0.25) is 0 Å². The first-order valence-electron chi connectivity index (χ1n) is 12.6. The third kappa shape index (κ3) is 9.23. The van der Waals surface area contributed by atoms with Crippen LogP contribution in [0.4, 0.5) is 0 Å². The first-order chi connectivity index (χ1) is 16.3. The zero-order valence-electron chi connectivity index (χ0n) is 21.2. The molecule has 2 aromatic rings. The molecule has 0 spiro atoms. The maximum Gasteiger partial charge on any atom is 0.243 e. The Morgan fingerprint density at radius 3 is 1.97 bits per heavy atom. The van der Waals surface area contributed by atoms with Crippen molar-refractivity contribution in [2.45, 2.75) is 83.1 Å². The van der Waals surface area contributed by atoms with Crippen LogP contribution in [0.5, 0.6) is 0 Å². The molecule has 186 valence electrons. The van der Waals surface area contributed by atoms with Gasteiger partial charge in [0, 0.05) is 13.1 Å². The van der Waals surface area contributed by atoms with E-state index >= 15 is 0 Å². The Hall–Kier alpha value is -2.17. The lowest BCUT2D eigenvalue weighted by Gasteiger charge is -2.27. The van der Waals surface area contributed by atoms with Crippen molar-refractivity contribution in [3.05, 3.63) is 91.0 Å². The summed E-state index contributed by atoms with van der Waals surface area (Å²) in [6, 6.07) is 17.0. The Labute approximate surface area is 208 Å². The Balaban J connectivity index is 1.85. The monoisotopic (exact) mass is 481 g/mol. The standard InChI is InChI=1S/C30H43NO2S/c1-5-22-30(4,23-6-2)24-14-9-7-8-10-15-25-31(26-28-16-12-11-13-17-28)34(32,33)29-20-18-27(3)19-21-29/h5-6,11-13,16-21H,1-2,7-10,14-15,22-26H2,3-4H3. The van der Waals surface area contributed by atoms with Gasteiger partial charge in [-0.2, -0.15) is 4.31 Å². The van der Waals surface area contributed by atoms with Gasteiger partial charge in [0.25, 0.3) is 0 Å². The molecule has 0 N–H and O–H groups in total. The molecule has 0 aliphatic rings. The van der Waals surface area contributed by atoms with E-state index in [-0.39, 0.29) is 5.41 Å². The van der Waals surface area contributed by atoms with Gasteiger partial charge in [-0.25, -0.2) is 8.42 Å². The average molecular weight is 482 g/mol. The molecule has 0 aliphatic heterocycles. The highest BCUT2D eigenvalue weighted by Crippen LogP contribution is 2.33. The maximum absolute atomic E-state index is 13.4. The minimum atomic E-state index is -3.53. The number of nitrogens with zero attached hydrogens (tertiary/aromatic N) is 1. The van der Waals surface area contributed by atoms with E-state index in [0.29, 0.717) is 18.0 Å². The Morgan fingerprint density at radius 1 is 0.824 bits per heavy atom. The summed E-state index contributed by atoms with van der Waals surface area (Å²) in [5.41, 5.74) is 2.36. The van der Waals surface area contributed by atoms with Crippen LogP contribution in [0, 0.1) is 12.3 Å². The van der Waals surface area contributed by atoms with Gasteiger partial charge < -0.3 is 0 Å². The van der Waals surface area contributed by atoms with Gasteiger partial charge in [0.05, 0.1) is 4.90 Å². The van der Waals surface area contributed by atoms with E-state index in [1.54, 1.807) is 16.4 Å². The molecule has 0 bridgehead atoms. The van der Waals surface area contributed by atoms with Gasteiger partial charge in [0.2, 0.25) is 10.0 Å². The molecule has 4 heteroatoms. The molecule has 0 heterocycles. The Morgan fingerprint density at radius 2 is 1.38 bits per heavy atom. The van der Waals surface area contributed by atoms with Gasteiger partial charge in [0.1, 0.15) is 0 Å². The zero-order valence-corrected chi connectivity index (χ0v) is 22.0. The molecular weight excluding hydrogens is 438 g/mol. The van der Waals surface area contributed by atoms with E-state index in [4.69, 9.17) is 0 Å². The van der Waals surface area contributed by atoms with E-state index in [0.717, 1.165) is 43.2 Å². The number of rotatable bonds is 17. The van der Waals surface area contributed by atoms with E-state index in [1.807, 2.05) is 61.5 Å². The maximum atomic E-state index is 13.4. The number of hydrogen-bond donors (Lipinski definition) is 0. The molecule has 0 aliphatic carbocycles. The highest BCUT2D eigenvalue weighted by molar-refractivity contribution is 7.89. The second-order valence-electron chi connectivity index (χ2n) is 9.80. The molecule has 0 aromatic heterocycles. The second kappa shape index (κ2) is 14.3. The number of aryl methyl sites for hydroxylation is 1. The minimum absolute atomic E-state index is 0.284. The normalized spacial score (nSPS) is 12.1. The summed E-state index contributed by atoms with van der Waals surface area (Å²) in [5, 5.41) is 0. The van der Waals surface area contributed by atoms with E-state index in [9.17, 15) is 8.42 Å². The van der Waals surface area contributed by atoms with Gasteiger partial charge in [-0.15, -0.1) is 13.2 Å². The molecule has 0 unspecified atom stereocenters. The predicted molar refractivity (Wildman–Crippen MR) is 145 cm³/mol. The Kier molecular flexibility index (Phi) is 11.8. The molecular formula is C30H43NO2S. The summed E-state index contributed by atoms with van der Waals surface area (Å²) >= 11 is 0. The fourth-order valence-electron chi connectivity index (χ4n) is 4.46. The third-order valence-electron chi connectivity index (χ3n) is 6.57. The summed E-state index contributed by atoms with van der Waals surface area (Å²) in [6.45, 7) is 13.1. The van der Waals surface area contributed by atoms with Crippen LogP contribution in [-0.4, -0.2) is 19.3 Å². The van der Waals surface area contributed by atoms with Crippen LogP contribution >= 0.6 is 0 Å². The van der Waals surface area contributed by atoms with Gasteiger partial charge in [0.15, 0.2) is 0 Å². The van der Waals surface area contributed by atoms with Gasteiger partial charge in [-0.1, -0.05) is 99.2 Å². The third-order valence-corrected chi connectivity index (χ3v) is 8.43. The molecule has 0 saturated carbocycles. The van der Waals surface area contributed by atoms with Crippen LogP contribution in [0.25, 0.3) is 0 Å². The van der Waals surface area contributed by atoms with Crippen molar-refractivity contribution in [1.29, 1.82) is 0 Å². The molecule has 0 amide bonds. The van der Waals surface area contributed by atoms with E-state index in [2.05, 4.69) is 20.1 Å². The van der Waals surface area contributed by atoms with Crippen molar-refractivity contribution in [3.63, 3.8) is 0 Å².